The van der Waals surface area contributed by atoms with Crippen molar-refractivity contribution in [1.82, 2.24) is 9.88 Å². The molecular weight excluding hydrogens is 296 g/mol. The Kier molecular flexibility index (Phi) is 4.85. The van der Waals surface area contributed by atoms with E-state index in [4.69, 9.17) is 0 Å². The number of aliphatic carboxylic acids is 1. The van der Waals surface area contributed by atoms with E-state index >= 15 is 0 Å². The largest absolute Gasteiger partial charge is 0.481 e. The summed E-state index contributed by atoms with van der Waals surface area (Å²) in [7, 11) is 0. The Morgan fingerprint density at radius 1 is 1.32 bits per heavy atom. The SMILES string of the molecule is O=C(O)[C@@H]1CN(CCc2cscn2)C[C@H]1Cc1ccccc1. The predicted molar refractivity (Wildman–Crippen MR) is 87.0 cm³/mol. The molecule has 1 aliphatic heterocycles. The van der Waals surface area contributed by atoms with Crippen LogP contribution in [0.1, 0.15) is 11.3 Å². The number of thiazole rings is 1. The fourth-order valence-electron chi connectivity index (χ4n) is 3.18. The van der Waals surface area contributed by atoms with Crippen LogP contribution in [-0.4, -0.2) is 40.6 Å². The number of nitrogens with zero attached hydrogens (tertiary/aromatic N) is 2. The summed E-state index contributed by atoms with van der Waals surface area (Å²) in [5, 5.41) is 11.6. The number of hydrogen-bond donors (Lipinski definition) is 1. The van der Waals surface area contributed by atoms with E-state index in [1.807, 2.05) is 23.7 Å². The second-order valence-electron chi connectivity index (χ2n) is 5.88. The van der Waals surface area contributed by atoms with Crippen LogP contribution in [0.4, 0.5) is 0 Å². The number of carboxylic acid groups (broad SMARTS) is 1. The summed E-state index contributed by atoms with van der Waals surface area (Å²) in [4.78, 5) is 18.1. The van der Waals surface area contributed by atoms with Gasteiger partial charge in [-0.3, -0.25) is 4.79 Å². The first-order valence-electron chi connectivity index (χ1n) is 7.58. The monoisotopic (exact) mass is 316 g/mol. The average molecular weight is 316 g/mol. The minimum Gasteiger partial charge on any atom is -0.481 e. The fourth-order valence-corrected chi connectivity index (χ4v) is 3.77. The van der Waals surface area contributed by atoms with Gasteiger partial charge in [-0.25, -0.2) is 4.98 Å². The number of benzene rings is 1. The first kappa shape index (κ1) is 15.2. The molecule has 0 bridgehead atoms. The van der Waals surface area contributed by atoms with Crippen molar-refractivity contribution in [2.24, 2.45) is 11.8 Å². The normalized spacial score (nSPS) is 22.0. The van der Waals surface area contributed by atoms with Crippen LogP contribution in [0.5, 0.6) is 0 Å². The number of likely N-dealkylation sites (tertiary alicyclic amines) is 1. The van der Waals surface area contributed by atoms with Gasteiger partial charge in [0.05, 0.1) is 17.1 Å². The molecule has 1 aromatic carbocycles. The highest BCUT2D eigenvalue weighted by atomic mass is 32.1. The first-order valence-corrected chi connectivity index (χ1v) is 8.53. The minimum absolute atomic E-state index is 0.190. The molecule has 0 saturated carbocycles. The standard InChI is InChI=1S/C17H20N2O2S/c20-17(21)16-10-19(7-6-15-11-22-12-18-15)9-14(16)8-13-4-2-1-3-5-13/h1-5,11-12,14,16H,6-10H2,(H,20,21)/t14-,16-/m1/s1. The molecule has 0 radical (unpaired) electrons. The van der Waals surface area contributed by atoms with Crippen molar-refractivity contribution in [3.05, 3.63) is 52.5 Å². The summed E-state index contributed by atoms with van der Waals surface area (Å²) >= 11 is 1.61. The van der Waals surface area contributed by atoms with Crippen LogP contribution >= 0.6 is 11.3 Å². The van der Waals surface area contributed by atoms with Gasteiger partial charge in [0.2, 0.25) is 0 Å². The molecule has 5 heteroatoms. The van der Waals surface area contributed by atoms with E-state index in [0.717, 1.165) is 31.6 Å². The van der Waals surface area contributed by atoms with Gasteiger partial charge in [-0.2, -0.15) is 0 Å². The third-order valence-corrected chi connectivity index (χ3v) is 4.98. The highest BCUT2D eigenvalue weighted by molar-refractivity contribution is 7.07. The van der Waals surface area contributed by atoms with Gasteiger partial charge in [0.15, 0.2) is 0 Å². The Balaban J connectivity index is 1.60. The first-order chi connectivity index (χ1) is 10.7. The van der Waals surface area contributed by atoms with Gasteiger partial charge in [0, 0.05) is 31.4 Å². The number of aromatic nitrogens is 1. The number of carboxylic acids is 1. The quantitative estimate of drug-likeness (QED) is 0.890. The van der Waals surface area contributed by atoms with Crippen LogP contribution < -0.4 is 0 Å². The van der Waals surface area contributed by atoms with Gasteiger partial charge in [-0.1, -0.05) is 30.3 Å². The summed E-state index contributed by atoms with van der Waals surface area (Å²) in [5.41, 5.74) is 4.17. The number of rotatable bonds is 6. The highest BCUT2D eigenvalue weighted by Gasteiger charge is 2.37. The van der Waals surface area contributed by atoms with Gasteiger partial charge in [-0.15, -0.1) is 11.3 Å². The Bertz CT molecular complexity index is 600. The van der Waals surface area contributed by atoms with Crippen molar-refractivity contribution in [2.45, 2.75) is 12.8 Å². The molecule has 1 fully saturated rings. The van der Waals surface area contributed by atoms with Crippen molar-refractivity contribution in [3.63, 3.8) is 0 Å². The zero-order chi connectivity index (χ0) is 15.4. The molecule has 0 spiro atoms. The number of carbonyl (C=O) groups is 1. The lowest BCUT2D eigenvalue weighted by molar-refractivity contribution is -0.142. The van der Waals surface area contributed by atoms with Crippen molar-refractivity contribution in [2.75, 3.05) is 19.6 Å². The van der Waals surface area contributed by atoms with Gasteiger partial charge >= 0.3 is 5.97 Å². The molecule has 1 aliphatic rings. The second-order valence-corrected chi connectivity index (χ2v) is 6.60. The van der Waals surface area contributed by atoms with E-state index in [0.29, 0.717) is 6.54 Å². The summed E-state index contributed by atoms with van der Waals surface area (Å²) < 4.78 is 0. The lowest BCUT2D eigenvalue weighted by Crippen LogP contribution is -2.25. The van der Waals surface area contributed by atoms with Crippen molar-refractivity contribution >= 4 is 17.3 Å². The maximum atomic E-state index is 11.5. The third-order valence-electron chi connectivity index (χ3n) is 4.34. The fraction of sp³-hybridized carbons (Fsp3) is 0.412. The molecule has 0 aliphatic carbocycles. The van der Waals surface area contributed by atoms with Crippen LogP contribution in [0, 0.1) is 11.8 Å². The topological polar surface area (TPSA) is 53.4 Å². The van der Waals surface area contributed by atoms with Crippen LogP contribution in [0.25, 0.3) is 0 Å². The van der Waals surface area contributed by atoms with E-state index < -0.39 is 5.97 Å². The number of hydrogen-bond acceptors (Lipinski definition) is 4. The molecule has 1 N–H and O–H groups in total. The molecule has 2 atom stereocenters. The van der Waals surface area contributed by atoms with Crippen molar-refractivity contribution < 1.29 is 9.90 Å². The zero-order valence-corrected chi connectivity index (χ0v) is 13.2. The molecule has 2 aromatic rings. The van der Waals surface area contributed by atoms with E-state index in [9.17, 15) is 9.90 Å². The lowest BCUT2D eigenvalue weighted by Gasteiger charge is -2.15. The maximum absolute atomic E-state index is 11.5. The molecule has 1 aromatic heterocycles. The maximum Gasteiger partial charge on any atom is 0.308 e. The van der Waals surface area contributed by atoms with Gasteiger partial charge < -0.3 is 10.0 Å². The van der Waals surface area contributed by atoms with Crippen LogP contribution in [0.2, 0.25) is 0 Å². The smallest absolute Gasteiger partial charge is 0.308 e. The predicted octanol–water partition coefficient (Wildman–Crippen LogP) is 2.56. The molecule has 22 heavy (non-hydrogen) atoms. The molecule has 1 saturated heterocycles. The second kappa shape index (κ2) is 7.03. The third kappa shape index (κ3) is 3.72. The molecule has 0 amide bonds. The summed E-state index contributed by atoms with van der Waals surface area (Å²) in [6, 6.07) is 10.2. The zero-order valence-electron chi connectivity index (χ0n) is 12.4. The molecule has 3 rings (SSSR count). The van der Waals surface area contributed by atoms with E-state index in [-0.39, 0.29) is 11.8 Å². The average Bonchev–Trinajstić information content (AvgIpc) is 3.15. The van der Waals surface area contributed by atoms with E-state index in [1.54, 1.807) is 11.3 Å². The van der Waals surface area contributed by atoms with Gasteiger partial charge in [0.1, 0.15) is 0 Å². The Labute approximate surface area is 134 Å². The minimum atomic E-state index is -0.669. The highest BCUT2D eigenvalue weighted by Crippen LogP contribution is 2.27. The van der Waals surface area contributed by atoms with Gasteiger partial charge in [0.25, 0.3) is 0 Å². The summed E-state index contributed by atoms with van der Waals surface area (Å²) in [6.45, 7) is 2.39. The van der Waals surface area contributed by atoms with Gasteiger partial charge in [-0.05, 0) is 17.9 Å². The Morgan fingerprint density at radius 3 is 2.82 bits per heavy atom. The Morgan fingerprint density at radius 2 is 2.14 bits per heavy atom. The van der Waals surface area contributed by atoms with Crippen molar-refractivity contribution in [3.8, 4) is 0 Å². The lowest BCUT2D eigenvalue weighted by atomic mass is 9.90. The Hall–Kier alpha value is -1.72. The molecule has 116 valence electrons. The molecule has 0 unspecified atom stereocenters. The van der Waals surface area contributed by atoms with Crippen molar-refractivity contribution in [1.29, 1.82) is 0 Å². The molecular formula is C17H20N2O2S. The summed E-state index contributed by atoms with van der Waals surface area (Å²) in [6.07, 6.45) is 1.74. The van der Waals surface area contributed by atoms with Crippen LogP contribution in [-0.2, 0) is 17.6 Å². The molecule has 4 nitrogen and oxygen atoms in total. The summed E-state index contributed by atoms with van der Waals surface area (Å²) in [5.74, 6) is -0.747. The molecule has 2 heterocycles. The van der Waals surface area contributed by atoms with Crippen LogP contribution in [0.15, 0.2) is 41.2 Å². The van der Waals surface area contributed by atoms with Crippen LogP contribution in [0.3, 0.4) is 0 Å². The van der Waals surface area contributed by atoms with E-state index in [2.05, 4.69) is 27.4 Å². The van der Waals surface area contributed by atoms with E-state index in [1.165, 1.54) is 5.56 Å².